The van der Waals surface area contributed by atoms with Crippen molar-refractivity contribution in [1.82, 2.24) is 0 Å². The Morgan fingerprint density at radius 3 is 0.942 bits per heavy atom. The number of carbonyl (C=O) groups excluding carboxylic acids is 3. The molecule has 0 aromatic carbocycles. The Morgan fingerprint density at radius 2 is 0.635 bits per heavy atom. The first-order chi connectivity index (χ1) is 25.2. The molecule has 0 radical (unpaired) electrons. The smallest absolute Gasteiger partial charge is 0.306 e. The van der Waals surface area contributed by atoms with Crippen LogP contribution in [0.25, 0.3) is 0 Å². The lowest BCUT2D eigenvalue weighted by Gasteiger charge is -2.18. The lowest BCUT2D eigenvalue weighted by atomic mass is 10.0. The van der Waals surface area contributed by atoms with Gasteiger partial charge in [0.2, 0.25) is 0 Å². The van der Waals surface area contributed by atoms with E-state index in [1.54, 1.807) is 0 Å². The van der Waals surface area contributed by atoms with Crippen molar-refractivity contribution in [3.05, 3.63) is 0 Å². The molecule has 0 aliphatic rings. The zero-order chi connectivity index (χ0) is 38.3. The molecule has 0 saturated carbocycles. The Labute approximate surface area is 323 Å². The van der Waals surface area contributed by atoms with Gasteiger partial charge in [-0.05, 0) is 31.1 Å². The number of rotatable bonds is 40. The van der Waals surface area contributed by atoms with Gasteiger partial charge in [-0.25, -0.2) is 0 Å². The van der Waals surface area contributed by atoms with Crippen molar-refractivity contribution in [3.63, 3.8) is 0 Å². The molecular weight excluding hydrogens is 649 g/mol. The maximum Gasteiger partial charge on any atom is 0.306 e. The van der Waals surface area contributed by atoms with Crippen LogP contribution in [0.2, 0.25) is 0 Å². The van der Waals surface area contributed by atoms with Gasteiger partial charge in [-0.3, -0.25) is 14.4 Å². The molecule has 0 unspecified atom stereocenters. The average molecular weight is 737 g/mol. The van der Waals surface area contributed by atoms with Crippen molar-refractivity contribution < 1.29 is 28.6 Å². The van der Waals surface area contributed by atoms with Crippen LogP contribution in [0.4, 0.5) is 0 Å². The number of carbonyl (C=O) groups is 3. The van der Waals surface area contributed by atoms with E-state index in [0.29, 0.717) is 19.3 Å². The van der Waals surface area contributed by atoms with Crippen LogP contribution in [-0.2, 0) is 28.6 Å². The summed E-state index contributed by atoms with van der Waals surface area (Å²) in [6, 6.07) is 0. The van der Waals surface area contributed by atoms with Crippen LogP contribution in [0, 0.1) is 11.8 Å². The Bertz CT molecular complexity index is 794. The molecule has 308 valence electrons. The molecule has 52 heavy (non-hydrogen) atoms. The fraction of sp³-hybridized carbons (Fsp3) is 0.935. The Balaban J connectivity index is 4.25. The number of hydrogen-bond donors (Lipinski definition) is 0. The molecule has 6 heteroatoms. The second-order valence-corrected chi connectivity index (χ2v) is 16.6. The van der Waals surface area contributed by atoms with E-state index in [4.69, 9.17) is 14.2 Å². The van der Waals surface area contributed by atoms with Gasteiger partial charge in [0.25, 0.3) is 0 Å². The fourth-order valence-corrected chi connectivity index (χ4v) is 6.75. The number of ether oxygens (including phenoxy) is 3. The largest absolute Gasteiger partial charge is 0.462 e. The first kappa shape index (κ1) is 50.4. The summed E-state index contributed by atoms with van der Waals surface area (Å²) in [5.74, 6) is 0.734. The normalized spacial score (nSPS) is 12.1. The van der Waals surface area contributed by atoms with Gasteiger partial charge >= 0.3 is 17.9 Å². The quantitative estimate of drug-likeness (QED) is 0.0354. The van der Waals surface area contributed by atoms with Crippen LogP contribution < -0.4 is 0 Å². The highest BCUT2D eigenvalue weighted by Crippen LogP contribution is 2.16. The molecule has 0 rings (SSSR count). The maximum atomic E-state index is 12.6. The number of hydrogen-bond acceptors (Lipinski definition) is 6. The number of unbranched alkanes of at least 4 members (excludes halogenated alkanes) is 25. The molecule has 0 aromatic heterocycles. The van der Waals surface area contributed by atoms with Crippen LogP contribution in [0.3, 0.4) is 0 Å². The van der Waals surface area contributed by atoms with Crippen LogP contribution in [0.5, 0.6) is 0 Å². The first-order valence-corrected chi connectivity index (χ1v) is 22.7. The van der Waals surface area contributed by atoms with E-state index >= 15 is 0 Å². The fourth-order valence-electron chi connectivity index (χ4n) is 6.75. The summed E-state index contributed by atoms with van der Waals surface area (Å²) >= 11 is 0. The Hall–Kier alpha value is -1.59. The lowest BCUT2D eigenvalue weighted by molar-refractivity contribution is -0.167. The minimum atomic E-state index is -0.760. The molecule has 0 aliphatic heterocycles. The summed E-state index contributed by atoms with van der Waals surface area (Å²) in [4.78, 5) is 37.6. The Morgan fingerprint density at radius 1 is 0.365 bits per heavy atom. The monoisotopic (exact) mass is 737 g/mol. The molecule has 0 aromatic rings. The summed E-state index contributed by atoms with van der Waals surface area (Å²) in [5.41, 5.74) is 0. The second-order valence-electron chi connectivity index (χ2n) is 16.6. The predicted octanol–water partition coefficient (Wildman–Crippen LogP) is 14.2. The highest BCUT2D eigenvalue weighted by molar-refractivity contribution is 5.71. The summed E-state index contributed by atoms with van der Waals surface area (Å²) in [6.45, 7) is 11.3. The third-order valence-electron chi connectivity index (χ3n) is 10.2. The van der Waals surface area contributed by atoms with Gasteiger partial charge in [0.1, 0.15) is 13.2 Å². The van der Waals surface area contributed by atoms with Crippen molar-refractivity contribution >= 4 is 17.9 Å². The SMILES string of the molecule is CCCCCCCCCCCC(=O)OC[C@@H](COC(=O)CCCCCCCCCCCCCCCC(C)C)OC(=O)CCCCCCCCC(C)C. The molecule has 0 aliphatic carbocycles. The zero-order valence-corrected chi connectivity index (χ0v) is 35.4. The van der Waals surface area contributed by atoms with Crippen molar-refractivity contribution in [2.75, 3.05) is 13.2 Å². The first-order valence-electron chi connectivity index (χ1n) is 22.7. The Kier molecular flexibility index (Phi) is 37.9. The van der Waals surface area contributed by atoms with E-state index in [9.17, 15) is 14.4 Å². The van der Waals surface area contributed by atoms with Crippen LogP contribution in [-0.4, -0.2) is 37.2 Å². The second kappa shape index (κ2) is 39.1. The molecular formula is C46H88O6. The van der Waals surface area contributed by atoms with Gasteiger partial charge in [-0.15, -0.1) is 0 Å². The molecule has 1 atom stereocenters. The third-order valence-corrected chi connectivity index (χ3v) is 10.2. The van der Waals surface area contributed by atoms with Gasteiger partial charge in [-0.1, -0.05) is 208 Å². The van der Waals surface area contributed by atoms with E-state index in [-0.39, 0.29) is 31.1 Å². The van der Waals surface area contributed by atoms with E-state index in [1.165, 1.54) is 135 Å². The van der Waals surface area contributed by atoms with Crippen LogP contribution in [0.1, 0.15) is 247 Å². The van der Waals surface area contributed by atoms with E-state index in [2.05, 4.69) is 34.6 Å². The highest BCUT2D eigenvalue weighted by atomic mass is 16.6. The minimum absolute atomic E-state index is 0.0658. The van der Waals surface area contributed by atoms with Crippen LogP contribution >= 0.6 is 0 Å². The maximum absolute atomic E-state index is 12.6. The van der Waals surface area contributed by atoms with E-state index in [1.807, 2.05) is 0 Å². The van der Waals surface area contributed by atoms with Gasteiger partial charge in [0.15, 0.2) is 6.10 Å². The topological polar surface area (TPSA) is 78.9 Å². The zero-order valence-electron chi connectivity index (χ0n) is 35.4. The lowest BCUT2D eigenvalue weighted by Crippen LogP contribution is -2.30. The molecule has 0 spiro atoms. The van der Waals surface area contributed by atoms with Gasteiger partial charge in [0, 0.05) is 19.3 Å². The van der Waals surface area contributed by atoms with Crippen molar-refractivity contribution in [3.8, 4) is 0 Å². The third kappa shape index (κ3) is 39.6. The molecule has 6 nitrogen and oxygen atoms in total. The van der Waals surface area contributed by atoms with Gasteiger partial charge in [0.05, 0.1) is 0 Å². The van der Waals surface area contributed by atoms with Crippen molar-refractivity contribution in [2.45, 2.75) is 253 Å². The van der Waals surface area contributed by atoms with Crippen LogP contribution in [0.15, 0.2) is 0 Å². The summed E-state index contributed by atoms with van der Waals surface area (Å²) in [7, 11) is 0. The van der Waals surface area contributed by atoms with Gasteiger partial charge < -0.3 is 14.2 Å². The molecule has 0 fully saturated rings. The molecule has 0 amide bonds. The summed E-state index contributed by atoms with van der Waals surface area (Å²) < 4.78 is 16.7. The summed E-state index contributed by atoms with van der Waals surface area (Å²) in [6.07, 6.45) is 36.8. The van der Waals surface area contributed by atoms with Gasteiger partial charge in [-0.2, -0.15) is 0 Å². The standard InChI is InChI=1S/C46H88O6/c1-6-7-8-9-10-16-20-26-31-36-44(47)50-39-43(52-46(49)38-33-28-23-22-25-30-35-42(4)5)40-51-45(48)37-32-27-21-18-15-13-11-12-14-17-19-24-29-34-41(2)3/h41-43H,6-40H2,1-5H3/t43-/m0/s1. The molecule has 0 saturated heterocycles. The highest BCUT2D eigenvalue weighted by Gasteiger charge is 2.19. The predicted molar refractivity (Wildman–Crippen MR) is 220 cm³/mol. The van der Waals surface area contributed by atoms with E-state index < -0.39 is 6.10 Å². The minimum Gasteiger partial charge on any atom is -0.462 e. The molecule has 0 heterocycles. The summed E-state index contributed by atoms with van der Waals surface area (Å²) in [5, 5.41) is 0. The van der Waals surface area contributed by atoms with E-state index in [0.717, 1.165) is 69.6 Å². The molecule has 0 bridgehead atoms. The van der Waals surface area contributed by atoms with Crippen molar-refractivity contribution in [1.29, 1.82) is 0 Å². The number of esters is 3. The average Bonchev–Trinajstić information content (AvgIpc) is 3.11. The molecule has 0 N–H and O–H groups in total. The van der Waals surface area contributed by atoms with Crippen molar-refractivity contribution in [2.24, 2.45) is 11.8 Å².